The first kappa shape index (κ1) is 17.9. The molecule has 0 saturated heterocycles. The molecule has 0 atom stereocenters. The van der Waals surface area contributed by atoms with Crippen molar-refractivity contribution in [3.63, 3.8) is 0 Å². The van der Waals surface area contributed by atoms with Crippen LogP contribution in [0.3, 0.4) is 0 Å². The van der Waals surface area contributed by atoms with E-state index < -0.39 is 6.03 Å². The van der Waals surface area contributed by atoms with Crippen LogP contribution in [0.5, 0.6) is 11.5 Å². The molecule has 0 bridgehead atoms. The maximum atomic E-state index is 11.8. The summed E-state index contributed by atoms with van der Waals surface area (Å²) >= 11 is 6.02. The van der Waals surface area contributed by atoms with Crippen molar-refractivity contribution in [2.24, 2.45) is 0 Å². The topological polar surface area (TPSA) is 85.9 Å². The minimum Gasteiger partial charge on any atom is -0.495 e. The smallest absolute Gasteiger partial charge is 0.319 e. The van der Waals surface area contributed by atoms with Gasteiger partial charge in [-0.15, -0.1) is 0 Å². The Kier molecular flexibility index (Phi) is 7.31. The third-order valence-corrected chi connectivity index (χ3v) is 3.09. The molecule has 0 saturated carbocycles. The highest BCUT2D eigenvalue weighted by molar-refractivity contribution is 6.32. The van der Waals surface area contributed by atoms with Gasteiger partial charge in [0, 0.05) is 19.0 Å². The highest BCUT2D eigenvalue weighted by Crippen LogP contribution is 2.35. The van der Waals surface area contributed by atoms with E-state index in [9.17, 15) is 9.59 Å². The van der Waals surface area contributed by atoms with Gasteiger partial charge in [-0.3, -0.25) is 4.79 Å². The van der Waals surface area contributed by atoms with Gasteiger partial charge in [0.05, 0.1) is 32.0 Å². The quantitative estimate of drug-likeness (QED) is 0.592. The first-order valence-electron chi connectivity index (χ1n) is 6.55. The van der Waals surface area contributed by atoms with Crippen molar-refractivity contribution in [2.45, 2.75) is 12.8 Å². The van der Waals surface area contributed by atoms with E-state index in [0.717, 1.165) is 0 Å². The number of methoxy groups -OCH3 is 3. The van der Waals surface area contributed by atoms with Crippen molar-refractivity contribution in [1.29, 1.82) is 0 Å². The fourth-order valence-electron chi connectivity index (χ4n) is 1.66. The van der Waals surface area contributed by atoms with Crippen LogP contribution in [0.25, 0.3) is 0 Å². The lowest BCUT2D eigenvalue weighted by molar-refractivity contribution is -0.140. The van der Waals surface area contributed by atoms with Crippen LogP contribution < -0.4 is 20.1 Å². The molecule has 8 heteroatoms. The minimum atomic E-state index is -0.426. The fraction of sp³-hybridized carbons (Fsp3) is 0.429. The summed E-state index contributed by atoms with van der Waals surface area (Å²) < 4.78 is 14.8. The van der Waals surface area contributed by atoms with Crippen LogP contribution in [0.2, 0.25) is 5.02 Å². The van der Waals surface area contributed by atoms with Gasteiger partial charge in [-0.05, 0) is 12.5 Å². The van der Waals surface area contributed by atoms with Gasteiger partial charge in [0.15, 0.2) is 0 Å². The van der Waals surface area contributed by atoms with Crippen LogP contribution in [0, 0.1) is 0 Å². The van der Waals surface area contributed by atoms with Crippen LogP contribution >= 0.6 is 11.6 Å². The number of hydrogen-bond acceptors (Lipinski definition) is 5. The number of halogens is 1. The summed E-state index contributed by atoms with van der Waals surface area (Å²) in [6, 6.07) is 2.69. The average molecular weight is 331 g/mol. The van der Waals surface area contributed by atoms with Crippen molar-refractivity contribution in [1.82, 2.24) is 5.32 Å². The minimum absolute atomic E-state index is 0.245. The van der Waals surface area contributed by atoms with Crippen LogP contribution in [0.4, 0.5) is 10.5 Å². The number of benzene rings is 1. The zero-order chi connectivity index (χ0) is 16.5. The monoisotopic (exact) mass is 330 g/mol. The third kappa shape index (κ3) is 5.33. The van der Waals surface area contributed by atoms with Gasteiger partial charge in [-0.2, -0.15) is 0 Å². The van der Waals surface area contributed by atoms with Gasteiger partial charge < -0.3 is 24.8 Å². The molecule has 1 aromatic carbocycles. The molecule has 122 valence electrons. The Morgan fingerprint density at radius 3 is 2.41 bits per heavy atom. The number of amides is 2. The van der Waals surface area contributed by atoms with Crippen molar-refractivity contribution in [3.05, 3.63) is 17.2 Å². The molecule has 0 aromatic heterocycles. The normalized spacial score (nSPS) is 9.82. The van der Waals surface area contributed by atoms with E-state index in [1.54, 1.807) is 6.07 Å². The maximum absolute atomic E-state index is 11.8. The Bertz CT molecular complexity index is 536. The Labute approximate surface area is 133 Å². The number of ether oxygens (including phenoxy) is 3. The molecule has 0 aliphatic carbocycles. The molecule has 0 spiro atoms. The molecule has 7 nitrogen and oxygen atoms in total. The summed E-state index contributed by atoms with van der Waals surface area (Å²) in [5.41, 5.74) is 0.416. The molecule has 0 unspecified atom stereocenters. The van der Waals surface area contributed by atoms with E-state index in [0.29, 0.717) is 35.2 Å². The largest absolute Gasteiger partial charge is 0.495 e. The van der Waals surface area contributed by atoms with E-state index in [1.165, 1.54) is 27.4 Å². The molecule has 0 radical (unpaired) electrons. The first-order chi connectivity index (χ1) is 10.5. The fourth-order valence-corrected chi connectivity index (χ4v) is 1.90. The predicted octanol–water partition coefficient (Wildman–Crippen LogP) is 2.43. The van der Waals surface area contributed by atoms with E-state index in [2.05, 4.69) is 15.4 Å². The summed E-state index contributed by atoms with van der Waals surface area (Å²) in [6.45, 7) is 0.340. The standard InChI is InChI=1S/C14H19ClN2O5/c1-20-11-8-12(21-2)10(7-9(11)15)17-14(19)16-6-4-5-13(18)22-3/h7-8H,4-6H2,1-3H3,(H2,16,17,19). The molecular formula is C14H19ClN2O5. The van der Waals surface area contributed by atoms with Gasteiger partial charge >= 0.3 is 12.0 Å². The summed E-state index contributed by atoms with van der Waals surface area (Å²) in [7, 11) is 4.28. The Morgan fingerprint density at radius 1 is 1.14 bits per heavy atom. The second-order valence-corrected chi connectivity index (χ2v) is 4.65. The number of hydrogen-bond donors (Lipinski definition) is 2. The molecule has 0 heterocycles. The summed E-state index contributed by atoms with van der Waals surface area (Å²) in [4.78, 5) is 22.7. The van der Waals surface area contributed by atoms with E-state index >= 15 is 0 Å². The van der Waals surface area contributed by atoms with Gasteiger partial charge in [-0.1, -0.05) is 11.6 Å². The molecule has 1 aromatic rings. The number of esters is 1. The van der Waals surface area contributed by atoms with Crippen LogP contribution in [-0.4, -0.2) is 39.9 Å². The van der Waals surface area contributed by atoms with Gasteiger partial charge in [0.2, 0.25) is 0 Å². The van der Waals surface area contributed by atoms with Crippen LogP contribution in [-0.2, 0) is 9.53 Å². The van der Waals surface area contributed by atoms with Crippen molar-refractivity contribution in [3.8, 4) is 11.5 Å². The van der Waals surface area contributed by atoms with Gasteiger partial charge in [-0.25, -0.2) is 4.79 Å². The van der Waals surface area contributed by atoms with Gasteiger partial charge in [0.25, 0.3) is 0 Å². The van der Waals surface area contributed by atoms with E-state index in [4.69, 9.17) is 21.1 Å². The lowest BCUT2D eigenvalue weighted by Crippen LogP contribution is -2.30. The Hall–Kier alpha value is -2.15. The van der Waals surface area contributed by atoms with Crippen molar-refractivity contribution >= 4 is 29.3 Å². The number of carbonyl (C=O) groups excluding carboxylic acids is 2. The molecule has 2 amide bonds. The molecule has 0 aliphatic rings. The first-order valence-corrected chi connectivity index (χ1v) is 6.92. The Balaban J connectivity index is 2.57. The molecule has 22 heavy (non-hydrogen) atoms. The maximum Gasteiger partial charge on any atom is 0.319 e. The van der Waals surface area contributed by atoms with E-state index in [-0.39, 0.29) is 12.4 Å². The number of nitrogens with one attached hydrogen (secondary N) is 2. The zero-order valence-corrected chi connectivity index (χ0v) is 13.5. The molecule has 0 aliphatic heterocycles. The predicted molar refractivity (Wildman–Crippen MR) is 82.8 cm³/mol. The summed E-state index contributed by atoms with van der Waals surface area (Å²) in [6.07, 6.45) is 0.731. The highest BCUT2D eigenvalue weighted by atomic mass is 35.5. The zero-order valence-electron chi connectivity index (χ0n) is 12.7. The lowest BCUT2D eigenvalue weighted by Gasteiger charge is -2.13. The average Bonchev–Trinajstić information content (AvgIpc) is 2.51. The third-order valence-electron chi connectivity index (χ3n) is 2.79. The molecule has 2 N–H and O–H groups in total. The second kappa shape index (κ2) is 8.99. The highest BCUT2D eigenvalue weighted by Gasteiger charge is 2.12. The number of anilines is 1. The van der Waals surface area contributed by atoms with Crippen LogP contribution in [0.1, 0.15) is 12.8 Å². The van der Waals surface area contributed by atoms with E-state index in [1.807, 2.05) is 0 Å². The molecule has 0 fully saturated rings. The molecule has 1 rings (SSSR count). The summed E-state index contributed by atoms with van der Waals surface area (Å²) in [5.74, 6) is 0.555. The summed E-state index contributed by atoms with van der Waals surface area (Å²) in [5, 5.41) is 5.60. The second-order valence-electron chi connectivity index (χ2n) is 4.25. The van der Waals surface area contributed by atoms with Gasteiger partial charge in [0.1, 0.15) is 11.5 Å². The SMILES string of the molecule is COC(=O)CCCNC(=O)Nc1cc(Cl)c(OC)cc1OC. The van der Waals surface area contributed by atoms with Crippen molar-refractivity contribution in [2.75, 3.05) is 33.2 Å². The number of carbonyl (C=O) groups is 2. The number of urea groups is 1. The number of rotatable bonds is 7. The molecular weight excluding hydrogens is 312 g/mol. The Morgan fingerprint density at radius 2 is 1.82 bits per heavy atom. The lowest BCUT2D eigenvalue weighted by atomic mass is 10.2. The van der Waals surface area contributed by atoms with Crippen molar-refractivity contribution < 1.29 is 23.8 Å². The van der Waals surface area contributed by atoms with Crippen LogP contribution in [0.15, 0.2) is 12.1 Å².